The third-order valence-corrected chi connectivity index (χ3v) is 6.05. The number of thioether (sulfide) groups is 1. The number of nitrogens with one attached hydrogen (secondary N) is 2. The minimum Gasteiger partial charge on any atom is -0.341 e. The van der Waals surface area contributed by atoms with Crippen molar-refractivity contribution >= 4 is 46.5 Å². The molecule has 0 unspecified atom stereocenters. The molecule has 156 valence electrons. The van der Waals surface area contributed by atoms with Crippen LogP contribution in [0.2, 0.25) is 5.15 Å². The summed E-state index contributed by atoms with van der Waals surface area (Å²) < 4.78 is 0. The van der Waals surface area contributed by atoms with E-state index in [1.165, 1.54) is 0 Å². The van der Waals surface area contributed by atoms with Crippen molar-refractivity contribution in [1.82, 2.24) is 25.6 Å². The van der Waals surface area contributed by atoms with Gasteiger partial charge in [0.2, 0.25) is 5.95 Å². The molecule has 4 rings (SSSR count). The quantitative estimate of drug-likeness (QED) is 0.518. The first-order valence-corrected chi connectivity index (χ1v) is 10.9. The zero-order valence-electron chi connectivity index (χ0n) is 16.2. The smallest absolute Gasteiger partial charge is 0.290 e. The van der Waals surface area contributed by atoms with Crippen LogP contribution in [0.15, 0.2) is 35.5 Å². The fourth-order valence-corrected chi connectivity index (χ4v) is 4.32. The molecule has 8 nitrogen and oxygen atoms in total. The minimum atomic E-state index is -0.382. The van der Waals surface area contributed by atoms with Gasteiger partial charge in [0.1, 0.15) is 5.15 Å². The van der Waals surface area contributed by atoms with Gasteiger partial charge in [-0.3, -0.25) is 14.9 Å². The van der Waals surface area contributed by atoms with Crippen molar-refractivity contribution in [2.45, 2.75) is 19.4 Å². The summed E-state index contributed by atoms with van der Waals surface area (Å²) in [5.74, 6) is 0.859. The molecular weight excluding hydrogens is 424 g/mol. The summed E-state index contributed by atoms with van der Waals surface area (Å²) in [4.78, 5) is 38.5. The van der Waals surface area contributed by atoms with E-state index in [1.54, 1.807) is 24.5 Å². The standard InChI is InChI=1S/C20H21ClN6O2S/c21-17-9-14(1-5-23-17)12-22-11-13-3-7-27(8-4-13)19-24-6-2-15(25-19)10-16-18(28)26-20(29)30-16/h1-2,5-6,9-10,13,22H,3-4,7-8,11-12H2,(H,26,28,29). The van der Waals surface area contributed by atoms with Crippen LogP contribution < -0.4 is 15.5 Å². The predicted molar refractivity (Wildman–Crippen MR) is 117 cm³/mol. The van der Waals surface area contributed by atoms with Crippen molar-refractivity contribution in [3.05, 3.63) is 51.9 Å². The van der Waals surface area contributed by atoms with E-state index in [4.69, 9.17) is 11.6 Å². The molecule has 2 aromatic heterocycles. The molecule has 4 heterocycles. The fourth-order valence-electron chi connectivity index (χ4n) is 3.46. The molecule has 0 aromatic carbocycles. The molecule has 10 heteroatoms. The van der Waals surface area contributed by atoms with Gasteiger partial charge in [-0.05, 0) is 66.9 Å². The molecule has 2 saturated heterocycles. The van der Waals surface area contributed by atoms with Gasteiger partial charge in [0, 0.05) is 32.0 Å². The number of halogens is 1. The molecule has 0 atom stereocenters. The highest BCUT2D eigenvalue weighted by Crippen LogP contribution is 2.26. The maximum absolute atomic E-state index is 11.7. The monoisotopic (exact) mass is 444 g/mol. The largest absolute Gasteiger partial charge is 0.341 e. The first-order chi connectivity index (χ1) is 14.6. The van der Waals surface area contributed by atoms with Crippen molar-refractivity contribution in [3.63, 3.8) is 0 Å². The maximum Gasteiger partial charge on any atom is 0.290 e. The van der Waals surface area contributed by atoms with E-state index in [2.05, 4.69) is 30.5 Å². The number of amides is 2. The molecular formula is C20H21ClN6O2S. The third kappa shape index (κ3) is 5.35. The zero-order chi connectivity index (χ0) is 20.9. The fraction of sp³-hybridized carbons (Fsp3) is 0.350. The summed E-state index contributed by atoms with van der Waals surface area (Å²) >= 11 is 6.81. The highest BCUT2D eigenvalue weighted by atomic mass is 35.5. The number of anilines is 1. The number of hydrogen-bond acceptors (Lipinski definition) is 8. The third-order valence-electron chi connectivity index (χ3n) is 5.04. The number of piperidine rings is 1. The van der Waals surface area contributed by atoms with E-state index in [1.807, 2.05) is 12.1 Å². The number of carbonyl (C=O) groups excluding carboxylic acids is 2. The Labute approximate surface area is 183 Å². The second-order valence-corrected chi connectivity index (χ2v) is 8.58. The van der Waals surface area contributed by atoms with Crippen molar-refractivity contribution in [2.75, 3.05) is 24.5 Å². The normalized spacial score (nSPS) is 18.8. The average Bonchev–Trinajstić information content (AvgIpc) is 3.05. The van der Waals surface area contributed by atoms with Crippen LogP contribution in [-0.2, 0) is 11.3 Å². The van der Waals surface area contributed by atoms with Crippen LogP contribution in [0, 0.1) is 5.92 Å². The van der Waals surface area contributed by atoms with Gasteiger partial charge < -0.3 is 10.2 Å². The van der Waals surface area contributed by atoms with E-state index in [-0.39, 0.29) is 11.1 Å². The van der Waals surface area contributed by atoms with E-state index < -0.39 is 0 Å². The zero-order valence-corrected chi connectivity index (χ0v) is 17.7. The first-order valence-electron chi connectivity index (χ1n) is 9.71. The second kappa shape index (κ2) is 9.55. The average molecular weight is 445 g/mol. The Morgan fingerprint density at radius 1 is 1.23 bits per heavy atom. The lowest BCUT2D eigenvalue weighted by molar-refractivity contribution is -0.115. The Morgan fingerprint density at radius 2 is 2.03 bits per heavy atom. The summed E-state index contributed by atoms with van der Waals surface area (Å²) in [6.07, 6.45) is 7.12. The van der Waals surface area contributed by atoms with Crippen LogP contribution >= 0.6 is 23.4 Å². The Kier molecular flexibility index (Phi) is 6.61. The molecule has 0 bridgehead atoms. The molecule has 30 heavy (non-hydrogen) atoms. The van der Waals surface area contributed by atoms with Gasteiger partial charge in [-0.15, -0.1) is 0 Å². The van der Waals surface area contributed by atoms with Crippen LogP contribution in [0.5, 0.6) is 0 Å². The molecule has 2 fully saturated rings. The lowest BCUT2D eigenvalue weighted by Crippen LogP contribution is -2.38. The van der Waals surface area contributed by atoms with E-state index >= 15 is 0 Å². The second-order valence-electron chi connectivity index (χ2n) is 7.18. The Morgan fingerprint density at radius 3 is 2.77 bits per heavy atom. The van der Waals surface area contributed by atoms with Gasteiger partial charge >= 0.3 is 0 Å². The van der Waals surface area contributed by atoms with Gasteiger partial charge in [-0.25, -0.2) is 15.0 Å². The number of imide groups is 1. The highest BCUT2D eigenvalue weighted by molar-refractivity contribution is 8.18. The van der Waals surface area contributed by atoms with E-state index in [9.17, 15) is 9.59 Å². The summed E-state index contributed by atoms with van der Waals surface area (Å²) in [5, 5.41) is 5.90. The van der Waals surface area contributed by atoms with Crippen molar-refractivity contribution in [1.29, 1.82) is 0 Å². The summed E-state index contributed by atoms with van der Waals surface area (Å²) in [7, 11) is 0. The number of hydrogen-bond donors (Lipinski definition) is 2. The molecule has 2 aliphatic rings. The van der Waals surface area contributed by atoms with Gasteiger partial charge in [0.25, 0.3) is 11.1 Å². The molecule has 0 aliphatic carbocycles. The topological polar surface area (TPSA) is 100 Å². The molecule has 0 spiro atoms. The molecule has 2 amide bonds. The Bertz CT molecular complexity index is 977. The molecule has 2 N–H and O–H groups in total. The number of nitrogens with zero attached hydrogens (tertiary/aromatic N) is 4. The molecule has 2 aromatic rings. The lowest BCUT2D eigenvalue weighted by atomic mass is 9.97. The number of aromatic nitrogens is 3. The summed E-state index contributed by atoms with van der Waals surface area (Å²) in [6, 6.07) is 5.57. The number of carbonyl (C=O) groups is 2. The Hall–Kier alpha value is -2.49. The van der Waals surface area contributed by atoms with E-state index in [0.717, 1.165) is 56.3 Å². The van der Waals surface area contributed by atoms with Gasteiger partial charge in [-0.2, -0.15) is 0 Å². The van der Waals surface area contributed by atoms with Crippen molar-refractivity contribution in [2.24, 2.45) is 5.92 Å². The number of rotatable bonds is 6. The van der Waals surface area contributed by atoms with Crippen molar-refractivity contribution < 1.29 is 9.59 Å². The summed E-state index contributed by atoms with van der Waals surface area (Å²) in [6.45, 7) is 3.47. The van der Waals surface area contributed by atoms with Crippen LogP contribution in [-0.4, -0.2) is 45.7 Å². The molecule has 0 radical (unpaired) electrons. The molecule has 2 aliphatic heterocycles. The highest BCUT2D eigenvalue weighted by Gasteiger charge is 2.25. The van der Waals surface area contributed by atoms with Gasteiger partial charge in [0.15, 0.2) is 0 Å². The summed E-state index contributed by atoms with van der Waals surface area (Å²) in [5.41, 5.74) is 1.75. The molecule has 0 saturated carbocycles. The lowest BCUT2D eigenvalue weighted by Gasteiger charge is -2.32. The van der Waals surface area contributed by atoms with E-state index in [0.29, 0.717) is 27.6 Å². The maximum atomic E-state index is 11.7. The van der Waals surface area contributed by atoms with Crippen LogP contribution in [0.4, 0.5) is 10.7 Å². The Balaban J connectivity index is 1.28. The SMILES string of the molecule is O=C1NC(=O)C(=Cc2ccnc(N3CCC(CNCc4ccnc(Cl)c4)CC3)n2)S1. The van der Waals surface area contributed by atoms with Crippen LogP contribution in [0.25, 0.3) is 6.08 Å². The first kappa shape index (κ1) is 20.8. The van der Waals surface area contributed by atoms with Gasteiger partial charge in [-0.1, -0.05) is 11.6 Å². The predicted octanol–water partition coefficient (Wildman–Crippen LogP) is 2.86. The minimum absolute atomic E-state index is 0.352. The van der Waals surface area contributed by atoms with Crippen molar-refractivity contribution in [3.8, 4) is 0 Å². The van der Waals surface area contributed by atoms with Crippen LogP contribution in [0.1, 0.15) is 24.1 Å². The number of pyridine rings is 1. The van der Waals surface area contributed by atoms with Crippen LogP contribution in [0.3, 0.4) is 0 Å². The van der Waals surface area contributed by atoms with Gasteiger partial charge in [0.05, 0.1) is 10.6 Å².